The molecule has 3 rings (SSSR count). The summed E-state index contributed by atoms with van der Waals surface area (Å²) in [6.45, 7) is 8.61. The van der Waals surface area contributed by atoms with Crippen molar-refractivity contribution in [3.05, 3.63) is 78.9 Å². The van der Waals surface area contributed by atoms with Gasteiger partial charge in [-0.15, -0.1) is 0 Å². The number of cyclic esters (lactones) is 1. The van der Waals surface area contributed by atoms with Crippen LogP contribution in [0, 0.1) is 0 Å². The molecule has 0 aromatic heterocycles. The minimum atomic E-state index is -0.445. The molecule has 0 N–H and O–H groups in total. The molecule has 0 radical (unpaired) electrons. The number of rotatable bonds is 19. The largest absolute Gasteiger partial charge is 0.494 e. The minimum Gasteiger partial charge on any atom is -0.494 e. The Morgan fingerprint density at radius 2 is 1.32 bits per heavy atom. The van der Waals surface area contributed by atoms with Crippen LogP contribution in [0.15, 0.2) is 73.3 Å². The first-order chi connectivity index (χ1) is 19.9. The van der Waals surface area contributed by atoms with Crippen molar-refractivity contribution in [2.45, 2.75) is 70.3 Å². The van der Waals surface area contributed by atoms with Gasteiger partial charge in [0, 0.05) is 18.1 Å². The van der Waals surface area contributed by atoms with E-state index in [1.54, 1.807) is 48.5 Å². The Labute approximate surface area is 242 Å². The van der Waals surface area contributed by atoms with Gasteiger partial charge in [-0.05, 0) is 87.1 Å². The summed E-state index contributed by atoms with van der Waals surface area (Å²) in [6.07, 6.45) is 10.5. The average Bonchev–Trinajstić information content (AvgIpc) is 3.31. The molecule has 0 spiro atoms. The number of benzene rings is 2. The quantitative estimate of drug-likeness (QED) is 0.0798. The molecule has 41 heavy (non-hydrogen) atoms. The molecule has 1 aliphatic rings. The Morgan fingerprint density at radius 3 is 1.93 bits per heavy atom. The van der Waals surface area contributed by atoms with Crippen LogP contribution in [0.4, 0.5) is 0 Å². The van der Waals surface area contributed by atoms with Gasteiger partial charge in [0.1, 0.15) is 23.4 Å². The molecule has 0 saturated carbocycles. The van der Waals surface area contributed by atoms with Gasteiger partial charge in [0.05, 0.1) is 25.4 Å². The van der Waals surface area contributed by atoms with Crippen molar-refractivity contribution in [3.63, 3.8) is 0 Å². The van der Waals surface area contributed by atoms with E-state index in [2.05, 4.69) is 13.2 Å². The fraction of sp³-hybridized carbons (Fsp3) is 0.424. The Kier molecular flexibility index (Phi) is 13.5. The average molecular weight is 565 g/mol. The van der Waals surface area contributed by atoms with Crippen LogP contribution in [0.25, 0.3) is 0 Å². The molecule has 2 aromatic carbocycles. The first-order valence-electron chi connectivity index (χ1n) is 14.3. The zero-order valence-electron chi connectivity index (χ0n) is 23.6. The third-order valence-electron chi connectivity index (χ3n) is 6.57. The Bertz CT molecular complexity index is 1120. The van der Waals surface area contributed by atoms with E-state index in [4.69, 9.17) is 23.7 Å². The van der Waals surface area contributed by atoms with Gasteiger partial charge in [-0.2, -0.15) is 0 Å². The summed E-state index contributed by atoms with van der Waals surface area (Å²) < 4.78 is 27.2. The van der Waals surface area contributed by atoms with Gasteiger partial charge >= 0.3 is 17.9 Å². The second kappa shape index (κ2) is 17.6. The van der Waals surface area contributed by atoms with Crippen LogP contribution in [0.5, 0.6) is 17.2 Å². The van der Waals surface area contributed by atoms with E-state index in [9.17, 15) is 14.4 Å². The van der Waals surface area contributed by atoms with Gasteiger partial charge in [0.15, 0.2) is 0 Å². The molecule has 1 fully saturated rings. The molecular weight excluding hydrogens is 524 g/mol. The highest BCUT2D eigenvalue weighted by Gasteiger charge is 2.26. The standard InChI is InChI=1S/C33H40O8/c1-3-31(34)39-23-11-7-10-22-38-28-17-19-29(20-18-28)40-33(36)26-13-15-27(16-14-26)37-21-9-6-4-5-8-12-30-24-25(2)32(35)41-30/h3,13-20,30H,1-2,4-12,21-24H2. The highest BCUT2D eigenvalue weighted by molar-refractivity contribution is 5.91. The lowest BCUT2D eigenvalue weighted by Crippen LogP contribution is -2.08. The summed E-state index contributed by atoms with van der Waals surface area (Å²) in [7, 11) is 0. The maximum atomic E-state index is 12.5. The van der Waals surface area contributed by atoms with Crippen LogP contribution < -0.4 is 14.2 Å². The number of hydrogen-bond donors (Lipinski definition) is 0. The van der Waals surface area contributed by atoms with Gasteiger partial charge in [-0.1, -0.05) is 32.4 Å². The molecular formula is C33H40O8. The van der Waals surface area contributed by atoms with Gasteiger partial charge in [0.25, 0.3) is 0 Å². The van der Waals surface area contributed by atoms with E-state index in [1.165, 1.54) is 0 Å². The van der Waals surface area contributed by atoms with Crippen LogP contribution in [-0.2, 0) is 19.1 Å². The van der Waals surface area contributed by atoms with Gasteiger partial charge in [-0.3, -0.25) is 0 Å². The first kappa shape index (κ1) is 31.5. The molecule has 0 amide bonds. The maximum Gasteiger partial charge on any atom is 0.343 e. The topological polar surface area (TPSA) is 97.4 Å². The van der Waals surface area contributed by atoms with E-state index < -0.39 is 11.9 Å². The van der Waals surface area contributed by atoms with E-state index in [-0.39, 0.29) is 12.1 Å². The van der Waals surface area contributed by atoms with Crippen LogP contribution >= 0.6 is 0 Å². The molecule has 1 saturated heterocycles. The lowest BCUT2D eigenvalue weighted by Gasteiger charge is -2.09. The molecule has 2 aromatic rings. The smallest absolute Gasteiger partial charge is 0.343 e. The summed E-state index contributed by atoms with van der Waals surface area (Å²) in [5.41, 5.74) is 1.02. The number of esters is 3. The SMILES string of the molecule is C=CC(=O)OCCCCCOc1ccc(OC(=O)c2ccc(OCCCCCCCC3CC(=C)C(=O)O3)cc2)cc1. The molecule has 1 heterocycles. The Balaban J connectivity index is 1.23. The summed E-state index contributed by atoms with van der Waals surface area (Å²) in [5, 5.41) is 0. The van der Waals surface area contributed by atoms with Crippen LogP contribution in [0.3, 0.4) is 0 Å². The second-order valence-corrected chi connectivity index (χ2v) is 9.91. The Hall–Kier alpha value is -4.07. The molecule has 8 heteroatoms. The minimum absolute atomic E-state index is 0.00915. The van der Waals surface area contributed by atoms with Crippen molar-refractivity contribution in [3.8, 4) is 17.2 Å². The van der Waals surface area contributed by atoms with Crippen molar-refractivity contribution in [1.29, 1.82) is 0 Å². The third-order valence-corrected chi connectivity index (χ3v) is 6.57. The number of hydrogen-bond acceptors (Lipinski definition) is 8. The first-order valence-corrected chi connectivity index (χ1v) is 14.3. The molecule has 0 aliphatic carbocycles. The van der Waals surface area contributed by atoms with Crippen LogP contribution in [-0.4, -0.2) is 43.8 Å². The molecule has 0 bridgehead atoms. The van der Waals surface area contributed by atoms with Crippen molar-refractivity contribution in [1.82, 2.24) is 0 Å². The molecule has 1 unspecified atom stereocenters. The summed E-state index contributed by atoms with van der Waals surface area (Å²) in [4.78, 5) is 34.8. The maximum absolute atomic E-state index is 12.5. The van der Waals surface area contributed by atoms with Gasteiger partial charge < -0.3 is 23.7 Å². The van der Waals surface area contributed by atoms with Gasteiger partial charge in [-0.25, -0.2) is 14.4 Å². The molecule has 220 valence electrons. The van der Waals surface area contributed by atoms with Crippen molar-refractivity contribution < 1.29 is 38.1 Å². The predicted octanol–water partition coefficient (Wildman–Crippen LogP) is 6.78. The van der Waals surface area contributed by atoms with Crippen LogP contribution in [0.1, 0.15) is 74.6 Å². The van der Waals surface area contributed by atoms with E-state index in [0.717, 1.165) is 63.9 Å². The zero-order valence-corrected chi connectivity index (χ0v) is 23.6. The normalized spacial score (nSPS) is 14.3. The predicted molar refractivity (Wildman–Crippen MR) is 155 cm³/mol. The summed E-state index contributed by atoms with van der Waals surface area (Å²) in [5.74, 6) is 0.732. The number of carbonyl (C=O) groups is 3. The molecule has 1 aliphatic heterocycles. The van der Waals surface area contributed by atoms with Crippen molar-refractivity contribution in [2.75, 3.05) is 19.8 Å². The van der Waals surface area contributed by atoms with Gasteiger partial charge in [0.2, 0.25) is 0 Å². The second-order valence-electron chi connectivity index (χ2n) is 9.91. The fourth-order valence-corrected chi connectivity index (χ4v) is 4.25. The fourth-order valence-electron chi connectivity index (χ4n) is 4.25. The van der Waals surface area contributed by atoms with Crippen LogP contribution in [0.2, 0.25) is 0 Å². The van der Waals surface area contributed by atoms with Crippen molar-refractivity contribution >= 4 is 17.9 Å². The summed E-state index contributed by atoms with van der Waals surface area (Å²) >= 11 is 0. The number of unbranched alkanes of at least 4 members (excludes halogenated alkanes) is 6. The Morgan fingerprint density at radius 1 is 0.780 bits per heavy atom. The highest BCUT2D eigenvalue weighted by atomic mass is 16.6. The monoisotopic (exact) mass is 564 g/mol. The molecule has 8 nitrogen and oxygen atoms in total. The van der Waals surface area contributed by atoms with E-state index >= 15 is 0 Å². The third kappa shape index (κ3) is 11.9. The molecule has 1 atom stereocenters. The highest BCUT2D eigenvalue weighted by Crippen LogP contribution is 2.23. The lowest BCUT2D eigenvalue weighted by atomic mass is 10.1. The summed E-state index contributed by atoms with van der Waals surface area (Å²) in [6, 6.07) is 13.8. The van der Waals surface area contributed by atoms with E-state index in [0.29, 0.717) is 54.6 Å². The number of ether oxygens (including phenoxy) is 5. The lowest BCUT2D eigenvalue weighted by molar-refractivity contribution is -0.139. The van der Waals surface area contributed by atoms with E-state index in [1.807, 2.05) is 0 Å². The number of carbonyl (C=O) groups excluding carboxylic acids is 3. The van der Waals surface area contributed by atoms with Crippen molar-refractivity contribution in [2.24, 2.45) is 0 Å². The zero-order chi connectivity index (χ0) is 29.3.